The highest BCUT2D eigenvalue weighted by Crippen LogP contribution is 2.43. The summed E-state index contributed by atoms with van der Waals surface area (Å²) >= 11 is 8.03. The van der Waals surface area contributed by atoms with Crippen molar-refractivity contribution in [1.82, 2.24) is 15.0 Å². The molecule has 0 bridgehead atoms. The number of anilines is 3. The monoisotopic (exact) mass is 538 g/mol. The lowest BCUT2D eigenvalue weighted by Gasteiger charge is -2.40. The van der Waals surface area contributed by atoms with Gasteiger partial charge in [0.1, 0.15) is 26.5 Å². The van der Waals surface area contributed by atoms with Gasteiger partial charge in [-0.15, -0.1) is 0 Å². The predicted octanol–water partition coefficient (Wildman–Crippen LogP) is 3.13. The highest BCUT2D eigenvalue weighted by atomic mass is 35.5. The van der Waals surface area contributed by atoms with Crippen LogP contribution in [0.5, 0.6) is 0 Å². The van der Waals surface area contributed by atoms with Crippen LogP contribution in [0.25, 0.3) is 0 Å². The Labute approximate surface area is 215 Å². The van der Waals surface area contributed by atoms with Crippen LogP contribution in [0, 0.1) is 11.3 Å². The molecule has 0 aromatic carbocycles. The van der Waals surface area contributed by atoms with E-state index in [0.717, 1.165) is 49.7 Å². The fourth-order valence-electron chi connectivity index (χ4n) is 5.31. The van der Waals surface area contributed by atoms with Crippen molar-refractivity contribution in [2.75, 3.05) is 60.3 Å². The summed E-state index contributed by atoms with van der Waals surface area (Å²) in [7, 11) is -3.00. The number of nitrogens with two attached hydrogens (primary N) is 1. The number of hydrogen-bond acceptors (Lipinski definition) is 10. The Morgan fingerprint density at radius 2 is 2.00 bits per heavy atom. The number of rotatable bonds is 6. The lowest BCUT2D eigenvalue weighted by Crippen LogP contribution is -2.50. The van der Waals surface area contributed by atoms with Crippen LogP contribution in [0.1, 0.15) is 26.2 Å². The molecule has 190 valence electrons. The predicted molar refractivity (Wildman–Crippen MR) is 139 cm³/mol. The number of ether oxygens (including phenoxy) is 1. The van der Waals surface area contributed by atoms with E-state index in [0.29, 0.717) is 46.3 Å². The standard InChI is InChI=1S/C23H31ClN6O3S2/c1-15-9-23(14-33-15)4-7-29(8-5-23)18-10-27-22(20(25)28-18)34-17-3-6-26-21(19(17)24)30-11-16(12-30)13-35(2,31)32/h3,6,10,15-16H,4-5,7-9,11-14H2,1-2H3,(H2,25,28)/t15-/m0/s1. The number of hydrogen-bond donors (Lipinski definition) is 1. The molecular weight excluding hydrogens is 508 g/mol. The van der Waals surface area contributed by atoms with Crippen molar-refractivity contribution in [3.05, 3.63) is 23.5 Å². The first-order valence-corrected chi connectivity index (χ1v) is 15.1. The Hall–Kier alpha value is -1.82. The minimum atomic E-state index is -3.00. The Kier molecular flexibility index (Phi) is 6.80. The maximum Gasteiger partial charge on any atom is 0.158 e. The van der Waals surface area contributed by atoms with Crippen LogP contribution in [0.2, 0.25) is 5.02 Å². The number of halogens is 1. The molecule has 5 heterocycles. The summed E-state index contributed by atoms with van der Waals surface area (Å²) in [6, 6.07) is 1.83. The van der Waals surface area contributed by atoms with Gasteiger partial charge in [0, 0.05) is 49.4 Å². The molecule has 2 aromatic rings. The summed E-state index contributed by atoms with van der Waals surface area (Å²) in [4.78, 5) is 18.7. The van der Waals surface area contributed by atoms with Crippen molar-refractivity contribution in [1.29, 1.82) is 0 Å². The zero-order valence-corrected chi connectivity index (χ0v) is 22.4. The van der Waals surface area contributed by atoms with Gasteiger partial charge in [-0.1, -0.05) is 23.4 Å². The lowest BCUT2D eigenvalue weighted by atomic mass is 9.77. The Bertz CT molecular complexity index is 1200. The summed E-state index contributed by atoms with van der Waals surface area (Å²) in [6.07, 6.45) is 8.41. The smallest absolute Gasteiger partial charge is 0.158 e. The first kappa shape index (κ1) is 24.9. The fourth-order valence-corrected chi connectivity index (χ4v) is 7.50. The second-order valence-electron chi connectivity index (χ2n) is 10.1. The molecule has 2 aromatic heterocycles. The van der Waals surface area contributed by atoms with Crippen molar-refractivity contribution in [3.8, 4) is 0 Å². The molecule has 3 saturated heterocycles. The van der Waals surface area contributed by atoms with Crippen LogP contribution in [0.4, 0.5) is 17.5 Å². The van der Waals surface area contributed by atoms with E-state index in [1.807, 2.05) is 11.0 Å². The zero-order chi connectivity index (χ0) is 24.8. The highest BCUT2D eigenvalue weighted by Gasteiger charge is 2.41. The van der Waals surface area contributed by atoms with Gasteiger partial charge >= 0.3 is 0 Å². The molecular formula is C23H31ClN6O3S2. The number of pyridine rings is 1. The van der Waals surface area contributed by atoms with Gasteiger partial charge in [0.25, 0.3) is 0 Å². The summed E-state index contributed by atoms with van der Waals surface area (Å²) in [5.74, 6) is 2.10. The molecule has 5 rings (SSSR count). The Balaban J connectivity index is 1.23. The van der Waals surface area contributed by atoms with Gasteiger partial charge in [-0.3, -0.25) is 0 Å². The van der Waals surface area contributed by atoms with Crippen LogP contribution >= 0.6 is 23.4 Å². The first-order valence-electron chi connectivity index (χ1n) is 11.8. The van der Waals surface area contributed by atoms with Gasteiger partial charge in [-0.25, -0.2) is 23.4 Å². The molecule has 0 unspecified atom stereocenters. The van der Waals surface area contributed by atoms with E-state index in [2.05, 4.69) is 26.8 Å². The zero-order valence-electron chi connectivity index (χ0n) is 20.0. The Morgan fingerprint density at radius 1 is 1.26 bits per heavy atom. The van der Waals surface area contributed by atoms with Crippen molar-refractivity contribution in [2.24, 2.45) is 11.3 Å². The summed E-state index contributed by atoms with van der Waals surface area (Å²) in [6.45, 7) is 6.09. The van der Waals surface area contributed by atoms with E-state index >= 15 is 0 Å². The van der Waals surface area contributed by atoms with E-state index in [1.54, 1.807) is 12.4 Å². The van der Waals surface area contributed by atoms with Crippen LogP contribution in [0.3, 0.4) is 0 Å². The van der Waals surface area contributed by atoms with E-state index in [4.69, 9.17) is 22.1 Å². The molecule has 3 aliphatic heterocycles. The summed E-state index contributed by atoms with van der Waals surface area (Å²) in [5, 5.41) is 1.10. The second kappa shape index (κ2) is 9.57. The number of nitrogens with zero attached hydrogens (tertiary/aromatic N) is 5. The third kappa shape index (κ3) is 5.47. The molecule has 1 atom stereocenters. The molecule has 12 heteroatoms. The van der Waals surface area contributed by atoms with Gasteiger partial charge in [-0.05, 0) is 37.7 Å². The number of nitrogen functional groups attached to an aromatic ring is 1. The first-order chi connectivity index (χ1) is 16.6. The maximum absolute atomic E-state index is 11.5. The Morgan fingerprint density at radius 3 is 2.63 bits per heavy atom. The number of sulfone groups is 1. The van der Waals surface area contributed by atoms with Crippen molar-refractivity contribution in [3.63, 3.8) is 0 Å². The van der Waals surface area contributed by atoms with E-state index < -0.39 is 9.84 Å². The molecule has 0 radical (unpaired) electrons. The third-order valence-electron chi connectivity index (χ3n) is 7.13. The fraction of sp³-hybridized carbons (Fsp3) is 0.609. The largest absolute Gasteiger partial charge is 0.381 e. The highest BCUT2D eigenvalue weighted by molar-refractivity contribution is 7.99. The molecule has 2 N–H and O–H groups in total. The van der Waals surface area contributed by atoms with Gasteiger partial charge in [0.2, 0.25) is 0 Å². The molecule has 3 aliphatic rings. The van der Waals surface area contributed by atoms with Gasteiger partial charge in [0.15, 0.2) is 5.82 Å². The van der Waals surface area contributed by atoms with Crippen LogP contribution in [-0.2, 0) is 14.6 Å². The van der Waals surface area contributed by atoms with Crippen LogP contribution < -0.4 is 15.5 Å². The van der Waals surface area contributed by atoms with Crippen LogP contribution in [0.15, 0.2) is 28.4 Å². The average Bonchev–Trinajstić information content (AvgIpc) is 3.13. The van der Waals surface area contributed by atoms with E-state index in [1.165, 1.54) is 18.0 Å². The minimum absolute atomic E-state index is 0.0995. The molecule has 9 nitrogen and oxygen atoms in total. The van der Waals surface area contributed by atoms with Crippen molar-refractivity contribution in [2.45, 2.75) is 42.2 Å². The topological polar surface area (TPSA) is 115 Å². The van der Waals surface area contributed by atoms with Crippen molar-refractivity contribution < 1.29 is 13.2 Å². The molecule has 0 saturated carbocycles. The number of aromatic nitrogens is 3. The van der Waals surface area contributed by atoms with Gasteiger partial charge in [0.05, 0.1) is 29.7 Å². The lowest BCUT2D eigenvalue weighted by molar-refractivity contribution is 0.0976. The number of piperidine rings is 1. The summed E-state index contributed by atoms with van der Waals surface area (Å²) < 4.78 is 28.9. The van der Waals surface area contributed by atoms with E-state index in [9.17, 15) is 8.42 Å². The maximum atomic E-state index is 11.5. The molecule has 3 fully saturated rings. The molecule has 0 amide bonds. The molecule has 35 heavy (non-hydrogen) atoms. The molecule has 1 spiro atoms. The molecule has 0 aliphatic carbocycles. The normalized spacial score (nSPS) is 22.5. The quantitative estimate of drug-likeness (QED) is 0.588. The van der Waals surface area contributed by atoms with E-state index in [-0.39, 0.29) is 11.7 Å². The van der Waals surface area contributed by atoms with Crippen LogP contribution in [-0.4, -0.2) is 74.3 Å². The van der Waals surface area contributed by atoms with Crippen molar-refractivity contribution >= 4 is 50.7 Å². The second-order valence-corrected chi connectivity index (χ2v) is 13.7. The van der Waals surface area contributed by atoms with Gasteiger partial charge in [-0.2, -0.15) is 0 Å². The minimum Gasteiger partial charge on any atom is -0.381 e. The SMILES string of the molecule is C[C@H]1CC2(CCN(c3cnc(Sc4ccnc(N5CC(CS(C)(=O)=O)C5)c4Cl)c(N)n3)CC2)CO1. The van der Waals surface area contributed by atoms with Gasteiger partial charge < -0.3 is 20.3 Å². The third-order valence-corrected chi connectivity index (χ3v) is 9.76. The summed E-state index contributed by atoms with van der Waals surface area (Å²) in [5.41, 5.74) is 6.61. The average molecular weight is 539 g/mol.